The Kier molecular flexibility index (Phi) is 23.7. The van der Waals surface area contributed by atoms with Crippen LogP contribution in [0.5, 0.6) is 0 Å². The van der Waals surface area contributed by atoms with Gasteiger partial charge in [0.1, 0.15) is 48.3 Å². The molecule has 16 N–H and O–H groups in total. The summed E-state index contributed by atoms with van der Waals surface area (Å²) in [6.45, 7) is 7.83. The second kappa shape index (κ2) is 28.2. The summed E-state index contributed by atoms with van der Waals surface area (Å²) in [6, 6.07) is -3.15. The van der Waals surface area contributed by atoms with Gasteiger partial charge in [0.15, 0.2) is 5.96 Å². The summed E-state index contributed by atoms with van der Waals surface area (Å²) < 4.78 is 0. The molecular formula is C43H68N12O12. The summed E-state index contributed by atoms with van der Waals surface area (Å²) in [5.41, 5.74) is 17.3. The summed E-state index contributed by atoms with van der Waals surface area (Å²) in [6.07, 6.45) is -1.37. The predicted molar refractivity (Wildman–Crippen MR) is 243 cm³/mol. The fourth-order valence-corrected chi connectivity index (χ4v) is 6.84. The molecule has 1 aromatic rings. The molecule has 0 radical (unpaired) electrons. The first kappa shape index (κ1) is 56.3. The van der Waals surface area contributed by atoms with Crippen molar-refractivity contribution in [3.05, 3.63) is 35.9 Å². The first-order valence-electron chi connectivity index (χ1n) is 22.2. The van der Waals surface area contributed by atoms with Gasteiger partial charge in [-0.3, -0.25) is 52.9 Å². The van der Waals surface area contributed by atoms with Gasteiger partial charge in [-0.1, -0.05) is 58.0 Å². The van der Waals surface area contributed by atoms with Crippen molar-refractivity contribution in [2.45, 2.75) is 141 Å². The third-order valence-electron chi connectivity index (χ3n) is 10.6. The molecule has 1 aromatic carbocycles. The molecule has 372 valence electrons. The molecule has 0 spiro atoms. The quantitative estimate of drug-likeness (QED) is 0.0420. The van der Waals surface area contributed by atoms with Gasteiger partial charge in [-0.15, -0.1) is 0 Å². The minimum Gasteiger partial charge on any atom is -0.481 e. The topological polar surface area (TPSA) is 398 Å². The number of carbonyl (C=O) groups is 10. The van der Waals surface area contributed by atoms with Crippen LogP contribution in [0.1, 0.15) is 91.5 Å². The van der Waals surface area contributed by atoms with E-state index in [0.29, 0.717) is 18.4 Å². The van der Waals surface area contributed by atoms with Crippen LogP contribution in [0.25, 0.3) is 0 Å². The smallest absolute Gasteiger partial charge is 0.305 e. The van der Waals surface area contributed by atoms with Gasteiger partial charge in [0, 0.05) is 19.4 Å². The molecule has 1 aliphatic heterocycles. The fraction of sp³-hybridized carbons (Fsp3) is 0.605. The van der Waals surface area contributed by atoms with E-state index >= 15 is 0 Å². The number of nitrogens with zero attached hydrogens (tertiary/aromatic N) is 1. The molecule has 8 atom stereocenters. The lowest BCUT2D eigenvalue weighted by molar-refractivity contribution is -0.142. The number of hydrogen-bond acceptors (Lipinski definition) is 12. The molecule has 24 nitrogen and oxygen atoms in total. The van der Waals surface area contributed by atoms with Crippen LogP contribution in [0.15, 0.2) is 35.3 Å². The molecule has 1 saturated heterocycles. The molecule has 0 aromatic heterocycles. The van der Waals surface area contributed by atoms with Gasteiger partial charge in [0.05, 0.1) is 6.42 Å². The van der Waals surface area contributed by atoms with Crippen molar-refractivity contribution in [2.24, 2.45) is 34.0 Å². The highest BCUT2D eigenvalue weighted by Gasteiger charge is 2.37. The van der Waals surface area contributed by atoms with Crippen molar-refractivity contribution in [2.75, 3.05) is 13.1 Å². The molecule has 8 amide bonds. The van der Waals surface area contributed by atoms with Crippen LogP contribution in [0.3, 0.4) is 0 Å². The van der Waals surface area contributed by atoms with E-state index in [0.717, 1.165) is 0 Å². The van der Waals surface area contributed by atoms with Crippen molar-refractivity contribution in [3.63, 3.8) is 0 Å². The zero-order valence-corrected chi connectivity index (χ0v) is 38.6. The Labute approximate surface area is 388 Å². The van der Waals surface area contributed by atoms with Crippen LogP contribution >= 0.6 is 0 Å². The highest BCUT2D eigenvalue weighted by Crippen LogP contribution is 2.12. The van der Waals surface area contributed by atoms with E-state index < -0.39 is 139 Å². The number of carboxylic acid groups (broad SMARTS) is 2. The number of nitrogens with one attached hydrogen (secondary N) is 8. The maximum atomic E-state index is 14.3. The van der Waals surface area contributed by atoms with E-state index in [1.807, 2.05) is 0 Å². The highest BCUT2D eigenvalue weighted by molar-refractivity contribution is 5.99. The number of aliphatic carboxylic acids is 2. The number of benzene rings is 1. The number of aliphatic imine (C=N–C) groups is 1. The molecule has 2 rings (SSSR count). The van der Waals surface area contributed by atoms with E-state index in [1.54, 1.807) is 58.0 Å². The van der Waals surface area contributed by atoms with E-state index in [1.165, 1.54) is 6.92 Å². The first-order chi connectivity index (χ1) is 31.5. The van der Waals surface area contributed by atoms with Crippen LogP contribution in [-0.4, -0.2) is 137 Å². The van der Waals surface area contributed by atoms with Gasteiger partial charge in [-0.2, -0.15) is 0 Å². The first-order valence-corrected chi connectivity index (χ1v) is 22.2. The number of carbonyl (C=O) groups excluding carboxylic acids is 8. The molecule has 1 aliphatic rings. The van der Waals surface area contributed by atoms with Gasteiger partial charge in [-0.05, 0) is 69.4 Å². The normalized spacial score (nSPS) is 24.4. The Morgan fingerprint density at radius 2 is 1.01 bits per heavy atom. The summed E-state index contributed by atoms with van der Waals surface area (Å²) in [4.78, 5) is 139. The van der Waals surface area contributed by atoms with Crippen LogP contribution in [-0.2, 0) is 54.4 Å². The highest BCUT2D eigenvalue weighted by atomic mass is 16.4. The standard InChI is InChI=1S/C43H68N12O12/c1-22(2)33-41(66)52-29(20-25-12-7-6-8-13-25)40(65)51-27(15-11-19-47-43(45)46)38(63)55-34(23(3)4)42(67)53-30(21-32(58)59)39(64)48-24(5)35(60)49-28(16-17-31(56)57)36(61)50-26(37(62)54-33)14-9-10-18-44/h6-8,12-13,22-24,26-30,33-34H,9-11,14-21,44H2,1-5H3,(H,48,64)(H,49,60)(H,50,61)(H,51,65)(H,52,66)(H,53,67)(H,54,62)(H,55,63)(H,56,57)(H,58,59)(H4,45,46,47)/t24-,26-,27-,28-,29-,30-,33-,34-/m0/s1. The number of amides is 8. The van der Waals surface area contributed by atoms with Crippen molar-refractivity contribution < 1.29 is 58.2 Å². The lowest BCUT2D eigenvalue weighted by Gasteiger charge is -2.30. The summed E-state index contributed by atoms with van der Waals surface area (Å²) >= 11 is 0. The van der Waals surface area contributed by atoms with Crippen LogP contribution in [0.4, 0.5) is 0 Å². The maximum Gasteiger partial charge on any atom is 0.305 e. The number of unbranched alkanes of at least 4 members (excludes halogenated alkanes) is 1. The van der Waals surface area contributed by atoms with Gasteiger partial charge >= 0.3 is 11.9 Å². The molecule has 24 heteroatoms. The van der Waals surface area contributed by atoms with Crippen molar-refractivity contribution in [1.82, 2.24) is 42.5 Å². The largest absolute Gasteiger partial charge is 0.481 e. The number of rotatable bonds is 17. The second-order valence-electron chi connectivity index (χ2n) is 16.9. The van der Waals surface area contributed by atoms with Gasteiger partial charge in [0.25, 0.3) is 0 Å². The molecule has 0 unspecified atom stereocenters. The zero-order valence-electron chi connectivity index (χ0n) is 38.6. The zero-order chi connectivity index (χ0) is 50.4. The fourth-order valence-electron chi connectivity index (χ4n) is 6.84. The maximum absolute atomic E-state index is 14.3. The van der Waals surface area contributed by atoms with Gasteiger partial charge in [-0.25, -0.2) is 0 Å². The van der Waals surface area contributed by atoms with Crippen LogP contribution in [0.2, 0.25) is 0 Å². The average Bonchev–Trinajstić information content (AvgIpc) is 3.25. The van der Waals surface area contributed by atoms with Crippen molar-refractivity contribution >= 4 is 65.2 Å². The molecule has 0 aliphatic carbocycles. The number of hydrogen-bond donors (Lipinski definition) is 13. The van der Waals surface area contributed by atoms with E-state index in [2.05, 4.69) is 47.5 Å². The summed E-state index contributed by atoms with van der Waals surface area (Å²) in [5, 5.41) is 39.3. The Bertz CT molecular complexity index is 1930. The lowest BCUT2D eigenvalue weighted by Crippen LogP contribution is -2.62. The van der Waals surface area contributed by atoms with Crippen LogP contribution in [0, 0.1) is 11.8 Å². The Morgan fingerprint density at radius 1 is 0.567 bits per heavy atom. The van der Waals surface area contributed by atoms with Crippen LogP contribution < -0.4 is 59.7 Å². The Morgan fingerprint density at radius 3 is 1.51 bits per heavy atom. The minimum absolute atomic E-state index is 0.00665. The third kappa shape index (κ3) is 20.1. The monoisotopic (exact) mass is 945 g/mol. The molecule has 0 bridgehead atoms. The molecule has 0 saturated carbocycles. The average molecular weight is 945 g/mol. The molecule has 67 heavy (non-hydrogen) atoms. The predicted octanol–water partition coefficient (Wildman–Crippen LogP) is -3.02. The third-order valence-corrected chi connectivity index (χ3v) is 10.6. The second-order valence-corrected chi connectivity index (χ2v) is 16.9. The van der Waals surface area contributed by atoms with Gasteiger partial charge in [0.2, 0.25) is 47.3 Å². The lowest BCUT2D eigenvalue weighted by atomic mass is 9.99. The van der Waals surface area contributed by atoms with E-state index in [-0.39, 0.29) is 44.7 Å². The summed E-state index contributed by atoms with van der Waals surface area (Å²) in [5.74, 6) is -11.8. The Hall–Kier alpha value is -6.85. The van der Waals surface area contributed by atoms with Crippen molar-refractivity contribution in [3.8, 4) is 0 Å². The molecule has 1 heterocycles. The molecule has 1 fully saturated rings. The van der Waals surface area contributed by atoms with Crippen molar-refractivity contribution in [1.29, 1.82) is 0 Å². The number of nitrogens with two attached hydrogens (primary N) is 3. The van der Waals surface area contributed by atoms with E-state index in [9.17, 15) is 58.2 Å². The van der Waals surface area contributed by atoms with Gasteiger partial charge < -0.3 is 69.9 Å². The number of guanidine groups is 1. The Balaban J connectivity index is 2.79. The SMILES string of the molecule is CC(C)[C@@H]1NC(=O)[C@H](CCCN=C(N)N)NC(=O)[C@H](Cc2ccccc2)NC(=O)[C@H](C(C)C)NC(=O)[C@H](CCCCN)NC(=O)[C@H](CCC(=O)O)NC(=O)[C@H](C)NC(=O)[C@H](CC(=O)O)NC1=O. The summed E-state index contributed by atoms with van der Waals surface area (Å²) in [7, 11) is 0. The minimum atomic E-state index is -1.81. The number of carboxylic acids is 2. The van der Waals surface area contributed by atoms with E-state index in [4.69, 9.17) is 17.2 Å². The molecular weight excluding hydrogens is 877 g/mol.